The van der Waals surface area contributed by atoms with Crippen LogP contribution in [-0.2, 0) is 9.47 Å². The number of hydrogen-bond donors (Lipinski definition) is 10. The van der Waals surface area contributed by atoms with Crippen LogP contribution in [0, 0.1) is 20.2 Å². The smallest absolute Gasteiger partial charge is 0.311 e. The molecule has 4 unspecified atom stereocenters. The number of benzene rings is 2. The van der Waals surface area contributed by atoms with Crippen molar-refractivity contribution in [3.8, 4) is 11.5 Å². The number of rotatable bonds is 6. The number of aliphatic hydroxyl groups is 9. The van der Waals surface area contributed by atoms with E-state index in [4.69, 9.17) is 19.3 Å². The zero-order valence-corrected chi connectivity index (χ0v) is 31.3. The first-order chi connectivity index (χ1) is 23.7. The van der Waals surface area contributed by atoms with Gasteiger partial charge in [0.2, 0.25) is 11.5 Å². The average molecular weight is 761 g/mol. The summed E-state index contributed by atoms with van der Waals surface area (Å²) in [6.07, 6.45) is 0. The summed E-state index contributed by atoms with van der Waals surface area (Å²) in [5.41, 5.74) is -16.6. The molecule has 2 aliphatic rings. The first-order valence-corrected chi connectivity index (χ1v) is 16.2. The summed E-state index contributed by atoms with van der Waals surface area (Å²) in [6.45, 7) is 11.0. The predicted octanol–water partition coefficient (Wildman–Crippen LogP) is 0.754. The second-order valence-corrected chi connectivity index (χ2v) is 14.9. The van der Waals surface area contributed by atoms with E-state index < -0.39 is 79.4 Å². The molecule has 0 spiro atoms. The summed E-state index contributed by atoms with van der Waals surface area (Å²) >= 11 is 0. The van der Waals surface area contributed by atoms with Crippen molar-refractivity contribution in [3.63, 3.8) is 0 Å². The largest absolute Gasteiger partial charge is 0.502 e. The van der Waals surface area contributed by atoms with Gasteiger partial charge in [-0.15, -0.1) is 0 Å². The third-order valence-corrected chi connectivity index (χ3v) is 11.5. The first kappa shape index (κ1) is 45.6. The van der Waals surface area contributed by atoms with E-state index in [1.54, 1.807) is 0 Å². The number of para-hydroxylation sites is 4. The van der Waals surface area contributed by atoms with E-state index in [0.717, 1.165) is 0 Å². The molecule has 10 N–H and O–H groups in total. The highest BCUT2D eigenvalue weighted by atomic mass is 16.7. The number of aliphatic hydroxyl groups excluding tert-OH is 2. The maximum Gasteiger partial charge on any atom is 0.311 e. The molecule has 2 heterocycles. The van der Waals surface area contributed by atoms with Gasteiger partial charge in [0.15, 0.2) is 17.1 Å². The Kier molecular flexibility index (Phi) is 12.2. The van der Waals surface area contributed by atoms with Crippen molar-refractivity contribution in [1.29, 1.82) is 0 Å². The summed E-state index contributed by atoms with van der Waals surface area (Å²) in [6, 6.07) is 11.0. The minimum atomic E-state index is -2.22. The second-order valence-electron chi connectivity index (χ2n) is 14.9. The van der Waals surface area contributed by atoms with E-state index in [9.17, 15) is 66.2 Å². The molecule has 300 valence electrons. The quantitative estimate of drug-likeness (QED) is 0.143. The first-order valence-electron chi connectivity index (χ1n) is 16.2. The molecule has 19 heteroatoms. The van der Waals surface area contributed by atoms with Gasteiger partial charge in [0.05, 0.1) is 23.1 Å². The van der Waals surface area contributed by atoms with Crippen molar-refractivity contribution in [2.75, 3.05) is 13.2 Å². The van der Waals surface area contributed by atoms with E-state index in [0.29, 0.717) is 0 Å². The Morgan fingerprint density at radius 3 is 1.34 bits per heavy atom. The standard InChI is InChI=1S/C17H25NO8.C11H22O6.C6H5NO3/c1-13(10-19)14(2,20)15(3,21)16(4,22)17(5,26-13)25-12-9-7-6-8-11(12)18(23)24;1-7(6-12)8(2,13)9(3,14)10(4,15)11(5,16)17-7;8-6-4-2-1-3-5(6)7(9)10/h6-9,19-22H,10H2,1-5H3;12-16H,6H2,1-5H3;1-4,8H/t13?,14-,15+,16?,17+;7?,8-,9+,10?,11+;/m00./s1. The molecule has 19 nitrogen and oxygen atoms in total. The minimum absolute atomic E-state index is 0.196. The number of phenolic OH excluding ortho intramolecular Hbond substituents is 1. The van der Waals surface area contributed by atoms with Crippen LogP contribution < -0.4 is 4.74 Å². The Labute approximate surface area is 305 Å². The molecule has 10 atom stereocenters. The van der Waals surface area contributed by atoms with E-state index in [2.05, 4.69) is 0 Å². The molecule has 0 aromatic heterocycles. The predicted molar refractivity (Wildman–Crippen MR) is 184 cm³/mol. The van der Waals surface area contributed by atoms with Gasteiger partial charge in [0, 0.05) is 19.1 Å². The molecule has 0 saturated carbocycles. The summed E-state index contributed by atoms with van der Waals surface area (Å²) < 4.78 is 16.7. The SMILES string of the molecule is CC1(CO)O[C@@](C)(O)C(C)(O)[C@](C)(O)[C@@]1(C)O.CC1(CO)O[C@@](C)(Oc2ccccc2[N+](=O)[O-])C(C)(O)[C@](C)(O)[C@@]1(C)O.O=[N+]([O-])c1ccccc1O. The van der Waals surface area contributed by atoms with E-state index in [1.165, 1.54) is 118 Å². The van der Waals surface area contributed by atoms with E-state index >= 15 is 0 Å². The van der Waals surface area contributed by atoms with Gasteiger partial charge in [-0.2, -0.15) is 0 Å². The summed E-state index contributed by atoms with van der Waals surface area (Å²) in [5.74, 6) is -4.65. The highest BCUT2D eigenvalue weighted by Crippen LogP contribution is 2.55. The lowest BCUT2D eigenvalue weighted by Crippen LogP contribution is -2.85. The Bertz CT molecular complexity index is 1660. The van der Waals surface area contributed by atoms with Gasteiger partial charge in [0.25, 0.3) is 0 Å². The van der Waals surface area contributed by atoms with Crippen molar-refractivity contribution < 1.29 is 75.1 Å². The molecule has 2 aliphatic heterocycles. The molecule has 2 aromatic carbocycles. The fourth-order valence-corrected chi connectivity index (χ4v) is 6.15. The van der Waals surface area contributed by atoms with Crippen LogP contribution in [0.5, 0.6) is 11.5 Å². The molecule has 0 bridgehead atoms. The fraction of sp³-hybridized carbons (Fsp3) is 0.647. The summed E-state index contributed by atoms with van der Waals surface area (Å²) in [5, 5.41) is 123. The molecule has 0 amide bonds. The fourth-order valence-electron chi connectivity index (χ4n) is 6.15. The number of nitrogens with zero attached hydrogens (tertiary/aromatic N) is 2. The van der Waals surface area contributed by atoms with Gasteiger partial charge in [-0.1, -0.05) is 24.3 Å². The monoisotopic (exact) mass is 760 g/mol. The number of hydrogen-bond acceptors (Lipinski definition) is 17. The van der Waals surface area contributed by atoms with Crippen molar-refractivity contribution >= 4 is 11.4 Å². The number of nitro benzene ring substituents is 2. The summed E-state index contributed by atoms with van der Waals surface area (Å²) in [7, 11) is 0. The van der Waals surface area contributed by atoms with Crippen molar-refractivity contribution in [2.24, 2.45) is 0 Å². The average Bonchev–Trinajstić information content (AvgIpc) is 3.03. The van der Waals surface area contributed by atoms with Crippen LogP contribution in [0.4, 0.5) is 11.4 Å². The summed E-state index contributed by atoms with van der Waals surface area (Å²) in [4.78, 5) is 20.0. The van der Waals surface area contributed by atoms with Gasteiger partial charge in [-0.3, -0.25) is 20.2 Å². The number of ether oxygens (including phenoxy) is 3. The van der Waals surface area contributed by atoms with Gasteiger partial charge in [-0.25, -0.2) is 0 Å². The van der Waals surface area contributed by atoms with Gasteiger partial charge < -0.3 is 65.3 Å². The minimum Gasteiger partial charge on any atom is -0.502 e. The molecule has 4 rings (SSSR count). The van der Waals surface area contributed by atoms with Crippen molar-refractivity contribution in [2.45, 2.75) is 126 Å². The third kappa shape index (κ3) is 7.07. The Morgan fingerprint density at radius 1 is 0.566 bits per heavy atom. The van der Waals surface area contributed by atoms with E-state index in [-0.39, 0.29) is 22.9 Å². The van der Waals surface area contributed by atoms with Crippen LogP contribution in [0.2, 0.25) is 0 Å². The molecular weight excluding hydrogens is 708 g/mol. The molecular formula is C34H52N2O17. The molecule has 0 aliphatic carbocycles. The molecule has 53 heavy (non-hydrogen) atoms. The van der Waals surface area contributed by atoms with Crippen molar-refractivity contribution in [1.82, 2.24) is 0 Å². The molecule has 2 fully saturated rings. The second kappa shape index (κ2) is 14.2. The zero-order chi connectivity index (χ0) is 41.7. The van der Waals surface area contributed by atoms with Gasteiger partial charge in [-0.05, 0) is 74.4 Å². The molecule has 0 radical (unpaired) electrons. The van der Waals surface area contributed by atoms with E-state index in [1.807, 2.05) is 0 Å². The molecule has 2 saturated heterocycles. The van der Waals surface area contributed by atoms with Crippen LogP contribution in [0.1, 0.15) is 69.2 Å². The highest BCUT2D eigenvalue weighted by molar-refractivity contribution is 5.46. The molecule has 2 aromatic rings. The van der Waals surface area contributed by atoms with Crippen molar-refractivity contribution in [3.05, 3.63) is 68.8 Å². The lowest BCUT2D eigenvalue weighted by atomic mass is 9.61. The Morgan fingerprint density at radius 2 is 0.943 bits per heavy atom. The lowest BCUT2D eigenvalue weighted by molar-refractivity contribution is -0.449. The van der Waals surface area contributed by atoms with Crippen LogP contribution in [0.15, 0.2) is 48.5 Å². The highest BCUT2D eigenvalue weighted by Gasteiger charge is 2.76. The van der Waals surface area contributed by atoms with Crippen LogP contribution in [-0.4, -0.2) is 131 Å². The van der Waals surface area contributed by atoms with Crippen LogP contribution >= 0.6 is 0 Å². The number of nitro groups is 2. The Hall–Kier alpha value is -3.60. The Balaban J connectivity index is 0.000000307. The third-order valence-electron chi connectivity index (χ3n) is 11.5. The van der Waals surface area contributed by atoms with Crippen LogP contribution in [0.3, 0.4) is 0 Å². The normalized spacial score (nSPS) is 42.2. The van der Waals surface area contributed by atoms with Gasteiger partial charge in [0.1, 0.15) is 39.2 Å². The lowest BCUT2D eigenvalue weighted by Gasteiger charge is -2.64. The maximum absolute atomic E-state index is 11.2. The zero-order valence-electron chi connectivity index (χ0n) is 31.3. The maximum atomic E-state index is 11.2. The van der Waals surface area contributed by atoms with Crippen LogP contribution in [0.25, 0.3) is 0 Å². The topological polar surface area (TPSA) is 316 Å². The number of phenols is 1. The van der Waals surface area contributed by atoms with Gasteiger partial charge >= 0.3 is 11.4 Å². The number of aromatic hydroxyl groups is 1.